The summed E-state index contributed by atoms with van der Waals surface area (Å²) in [6.45, 7) is 6.77. The number of rotatable bonds is 5. The van der Waals surface area contributed by atoms with Gasteiger partial charge in [-0.25, -0.2) is 0 Å². The van der Waals surface area contributed by atoms with Crippen LogP contribution < -0.4 is 10.2 Å². The standard InChI is InChI=1S/C17H30N4/c1-14(16-8-6-7-9-17(16)19(2)3)18-12-15-13-20(4)10-11-21(15)5/h6-9,14-15,18H,10-13H2,1-5H3/t14-,15-/m1/s1. The summed E-state index contributed by atoms with van der Waals surface area (Å²) in [5.41, 5.74) is 2.67. The summed E-state index contributed by atoms with van der Waals surface area (Å²) in [6, 6.07) is 9.61. The predicted molar refractivity (Wildman–Crippen MR) is 91.1 cm³/mol. The molecule has 1 aliphatic rings. The number of nitrogens with zero attached hydrogens (tertiary/aromatic N) is 3. The first-order valence-electron chi connectivity index (χ1n) is 7.87. The average Bonchev–Trinajstić information content (AvgIpc) is 2.47. The van der Waals surface area contributed by atoms with E-state index < -0.39 is 0 Å². The van der Waals surface area contributed by atoms with Crippen molar-refractivity contribution in [3.05, 3.63) is 29.8 Å². The van der Waals surface area contributed by atoms with Gasteiger partial charge < -0.3 is 15.1 Å². The smallest absolute Gasteiger partial charge is 0.0409 e. The molecule has 0 radical (unpaired) electrons. The highest BCUT2D eigenvalue weighted by molar-refractivity contribution is 5.53. The molecule has 1 aliphatic heterocycles. The lowest BCUT2D eigenvalue weighted by molar-refractivity contribution is 0.112. The van der Waals surface area contributed by atoms with Crippen LogP contribution in [0.3, 0.4) is 0 Å². The van der Waals surface area contributed by atoms with E-state index in [0.29, 0.717) is 12.1 Å². The largest absolute Gasteiger partial charge is 0.377 e. The highest BCUT2D eigenvalue weighted by atomic mass is 15.3. The number of likely N-dealkylation sites (N-methyl/N-ethyl adjacent to an activating group) is 2. The molecule has 21 heavy (non-hydrogen) atoms. The van der Waals surface area contributed by atoms with Crippen LogP contribution in [0.2, 0.25) is 0 Å². The Labute approximate surface area is 129 Å². The molecular formula is C17H30N4. The van der Waals surface area contributed by atoms with Gasteiger partial charge in [0.1, 0.15) is 0 Å². The van der Waals surface area contributed by atoms with Crippen molar-refractivity contribution in [3.8, 4) is 0 Å². The highest BCUT2D eigenvalue weighted by Gasteiger charge is 2.22. The molecule has 1 N–H and O–H groups in total. The molecule has 0 bridgehead atoms. The van der Waals surface area contributed by atoms with E-state index in [9.17, 15) is 0 Å². The second kappa shape index (κ2) is 7.25. The number of para-hydroxylation sites is 1. The van der Waals surface area contributed by atoms with Crippen LogP contribution >= 0.6 is 0 Å². The summed E-state index contributed by atoms with van der Waals surface area (Å²) < 4.78 is 0. The monoisotopic (exact) mass is 290 g/mol. The third kappa shape index (κ3) is 4.19. The number of benzene rings is 1. The van der Waals surface area contributed by atoms with Crippen molar-refractivity contribution >= 4 is 5.69 Å². The number of anilines is 1. The fourth-order valence-corrected chi connectivity index (χ4v) is 3.01. The van der Waals surface area contributed by atoms with E-state index in [2.05, 4.69) is 79.4 Å². The maximum atomic E-state index is 3.72. The summed E-state index contributed by atoms with van der Waals surface area (Å²) in [5.74, 6) is 0. The van der Waals surface area contributed by atoms with Crippen LogP contribution in [0.25, 0.3) is 0 Å². The van der Waals surface area contributed by atoms with Crippen molar-refractivity contribution in [1.29, 1.82) is 0 Å². The van der Waals surface area contributed by atoms with Gasteiger partial charge in [-0.15, -0.1) is 0 Å². The lowest BCUT2D eigenvalue weighted by Crippen LogP contribution is -2.53. The first-order valence-corrected chi connectivity index (χ1v) is 7.87. The highest BCUT2D eigenvalue weighted by Crippen LogP contribution is 2.24. The van der Waals surface area contributed by atoms with E-state index in [4.69, 9.17) is 0 Å². The Morgan fingerprint density at radius 2 is 1.95 bits per heavy atom. The molecule has 0 amide bonds. The molecule has 1 heterocycles. The van der Waals surface area contributed by atoms with Crippen LogP contribution in [0.5, 0.6) is 0 Å². The van der Waals surface area contributed by atoms with E-state index in [1.165, 1.54) is 17.8 Å². The minimum absolute atomic E-state index is 0.365. The molecule has 118 valence electrons. The van der Waals surface area contributed by atoms with E-state index in [1.807, 2.05) is 0 Å². The van der Waals surface area contributed by atoms with Crippen LogP contribution in [-0.4, -0.2) is 70.2 Å². The Morgan fingerprint density at radius 3 is 2.67 bits per heavy atom. The van der Waals surface area contributed by atoms with E-state index in [1.54, 1.807) is 0 Å². The minimum atomic E-state index is 0.365. The molecule has 1 aromatic carbocycles. The first kappa shape index (κ1) is 16.3. The average molecular weight is 290 g/mol. The molecular weight excluding hydrogens is 260 g/mol. The molecule has 0 unspecified atom stereocenters. The topological polar surface area (TPSA) is 21.8 Å². The zero-order valence-corrected chi connectivity index (χ0v) is 14.1. The second-order valence-corrected chi connectivity index (χ2v) is 6.48. The molecule has 0 aliphatic carbocycles. The Morgan fingerprint density at radius 1 is 1.24 bits per heavy atom. The van der Waals surface area contributed by atoms with Gasteiger partial charge in [-0.1, -0.05) is 18.2 Å². The SMILES string of the molecule is C[C@@H](NC[C@@H]1CN(C)CCN1C)c1ccccc1N(C)C. The molecule has 1 fully saturated rings. The Hall–Kier alpha value is -1.10. The summed E-state index contributed by atoms with van der Waals surface area (Å²) in [7, 11) is 8.66. The van der Waals surface area contributed by atoms with Gasteiger partial charge in [0.15, 0.2) is 0 Å². The lowest BCUT2D eigenvalue weighted by Gasteiger charge is -2.38. The van der Waals surface area contributed by atoms with Gasteiger partial charge in [0.25, 0.3) is 0 Å². The van der Waals surface area contributed by atoms with Crippen molar-refractivity contribution in [2.45, 2.75) is 19.0 Å². The Balaban J connectivity index is 1.97. The third-order valence-electron chi connectivity index (χ3n) is 4.52. The lowest BCUT2D eigenvalue weighted by atomic mass is 10.0. The van der Waals surface area contributed by atoms with Gasteiger partial charge in [0.2, 0.25) is 0 Å². The molecule has 4 heteroatoms. The van der Waals surface area contributed by atoms with Gasteiger partial charge in [0, 0.05) is 58.0 Å². The maximum absolute atomic E-state index is 3.72. The van der Waals surface area contributed by atoms with Crippen molar-refractivity contribution < 1.29 is 0 Å². The zero-order chi connectivity index (χ0) is 15.4. The molecule has 2 rings (SSSR count). The molecule has 1 saturated heterocycles. The summed E-state index contributed by atoms with van der Waals surface area (Å²) >= 11 is 0. The van der Waals surface area contributed by atoms with Gasteiger partial charge in [-0.2, -0.15) is 0 Å². The molecule has 4 nitrogen and oxygen atoms in total. The van der Waals surface area contributed by atoms with Crippen molar-refractivity contribution in [2.75, 3.05) is 59.3 Å². The van der Waals surface area contributed by atoms with E-state index in [0.717, 1.165) is 19.6 Å². The third-order valence-corrected chi connectivity index (χ3v) is 4.52. The van der Waals surface area contributed by atoms with Gasteiger partial charge in [0.05, 0.1) is 0 Å². The molecule has 0 spiro atoms. The summed E-state index contributed by atoms with van der Waals surface area (Å²) in [5, 5.41) is 3.72. The zero-order valence-electron chi connectivity index (χ0n) is 14.1. The molecule has 0 aromatic heterocycles. The minimum Gasteiger partial charge on any atom is -0.377 e. The van der Waals surface area contributed by atoms with Crippen LogP contribution in [0.15, 0.2) is 24.3 Å². The van der Waals surface area contributed by atoms with Crippen LogP contribution in [-0.2, 0) is 0 Å². The van der Waals surface area contributed by atoms with Gasteiger partial charge in [-0.05, 0) is 32.6 Å². The fourth-order valence-electron chi connectivity index (χ4n) is 3.01. The molecule has 1 aromatic rings. The normalized spacial score (nSPS) is 22.2. The van der Waals surface area contributed by atoms with Crippen LogP contribution in [0, 0.1) is 0 Å². The fraction of sp³-hybridized carbons (Fsp3) is 0.647. The number of piperazine rings is 1. The summed E-state index contributed by atoms with van der Waals surface area (Å²) in [4.78, 5) is 7.08. The number of hydrogen-bond donors (Lipinski definition) is 1. The Kier molecular flexibility index (Phi) is 5.62. The van der Waals surface area contributed by atoms with Gasteiger partial charge >= 0.3 is 0 Å². The Bertz CT molecular complexity index is 446. The van der Waals surface area contributed by atoms with Crippen molar-refractivity contribution in [2.24, 2.45) is 0 Å². The quantitative estimate of drug-likeness (QED) is 0.890. The number of nitrogens with one attached hydrogen (secondary N) is 1. The van der Waals surface area contributed by atoms with E-state index in [-0.39, 0.29) is 0 Å². The summed E-state index contributed by atoms with van der Waals surface area (Å²) in [6.07, 6.45) is 0. The second-order valence-electron chi connectivity index (χ2n) is 6.48. The first-order chi connectivity index (χ1) is 9.99. The predicted octanol–water partition coefficient (Wildman–Crippen LogP) is 1.65. The van der Waals surface area contributed by atoms with Crippen molar-refractivity contribution in [3.63, 3.8) is 0 Å². The van der Waals surface area contributed by atoms with Crippen molar-refractivity contribution in [1.82, 2.24) is 15.1 Å². The number of hydrogen-bond acceptors (Lipinski definition) is 4. The van der Waals surface area contributed by atoms with Crippen LogP contribution in [0.1, 0.15) is 18.5 Å². The van der Waals surface area contributed by atoms with E-state index >= 15 is 0 Å². The maximum Gasteiger partial charge on any atom is 0.0409 e. The van der Waals surface area contributed by atoms with Crippen LogP contribution in [0.4, 0.5) is 5.69 Å². The van der Waals surface area contributed by atoms with Gasteiger partial charge in [-0.3, -0.25) is 4.90 Å². The molecule has 2 atom stereocenters. The molecule has 0 saturated carbocycles.